The number of Topliss-reactive ketones (excluding diaryl/α,β-unsaturated/α-hetero) is 1. The molecule has 2 unspecified atom stereocenters. The van der Waals surface area contributed by atoms with E-state index in [1.54, 1.807) is 6.92 Å². The number of benzene rings is 1. The third-order valence-corrected chi connectivity index (χ3v) is 4.53. The van der Waals surface area contributed by atoms with Gasteiger partial charge in [0, 0.05) is 17.5 Å². The van der Waals surface area contributed by atoms with E-state index in [4.69, 9.17) is 4.43 Å². The van der Waals surface area contributed by atoms with Gasteiger partial charge in [-0.05, 0) is 24.6 Å². The summed E-state index contributed by atoms with van der Waals surface area (Å²) in [5.74, 6) is -4.17. The summed E-state index contributed by atoms with van der Waals surface area (Å²) < 4.78 is 46.2. The van der Waals surface area contributed by atoms with Crippen LogP contribution in [0.25, 0.3) is 0 Å². The molecule has 0 aliphatic rings. The molecule has 124 valence electrons. The van der Waals surface area contributed by atoms with Gasteiger partial charge in [-0.25, -0.2) is 13.2 Å². The predicted molar refractivity (Wildman–Crippen MR) is 82.6 cm³/mol. The topological polar surface area (TPSA) is 26.3 Å². The number of halogens is 3. The molecule has 0 saturated carbocycles. The van der Waals surface area contributed by atoms with Crippen LogP contribution >= 0.6 is 0 Å². The maximum Gasteiger partial charge on any atom is 0.172 e. The van der Waals surface area contributed by atoms with Gasteiger partial charge in [0.2, 0.25) is 0 Å². The van der Waals surface area contributed by atoms with Crippen molar-refractivity contribution in [3.05, 3.63) is 35.1 Å². The minimum atomic E-state index is -1.70. The minimum Gasteiger partial charge on any atom is -0.407 e. The molecule has 22 heavy (non-hydrogen) atoms. The van der Waals surface area contributed by atoms with E-state index in [0.717, 1.165) is 6.07 Å². The average Bonchev–Trinajstić information content (AvgIpc) is 2.37. The van der Waals surface area contributed by atoms with Crippen LogP contribution in [0.5, 0.6) is 0 Å². The van der Waals surface area contributed by atoms with Crippen molar-refractivity contribution in [2.24, 2.45) is 11.3 Å². The van der Waals surface area contributed by atoms with Crippen LogP contribution in [0.4, 0.5) is 13.2 Å². The lowest BCUT2D eigenvalue weighted by Gasteiger charge is -2.30. The largest absolute Gasteiger partial charge is 0.407 e. The molecule has 0 fully saturated rings. The van der Waals surface area contributed by atoms with E-state index in [0.29, 0.717) is 6.07 Å². The molecule has 0 aliphatic carbocycles. The van der Waals surface area contributed by atoms with Gasteiger partial charge in [-0.15, -0.1) is 0 Å². The second kappa shape index (κ2) is 6.96. The predicted octanol–water partition coefficient (Wildman–Crippen LogP) is 4.40. The molecule has 0 bridgehead atoms. The Hall–Kier alpha value is -1.14. The smallest absolute Gasteiger partial charge is 0.172 e. The van der Waals surface area contributed by atoms with Crippen LogP contribution in [-0.2, 0) is 9.22 Å². The summed E-state index contributed by atoms with van der Waals surface area (Å²) in [6, 6.07) is 1.18. The molecule has 0 saturated heterocycles. The van der Waals surface area contributed by atoms with Gasteiger partial charge >= 0.3 is 0 Å². The van der Waals surface area contributed by atoms with Crippen LogP contribution in [0.3, 0.4) is 0 Å². The van der Waals surface area contributed by atoms with E-state index < -0.39 is 38.5 Å². The molecule has 0 radical (unpaired) electrons. The van der Waals surface area contributed by atoms with Crippen molar-refractivity contribution in [1.82, 2.24) is 0 Å². The number of ketones is 1. The Kier molecular flexibility index (Phi) is 5.98. The first-order valence-electron chi connectivity index (χ1n) is 7.28. The van der Waals surface area contributed by atoms with E-state index in [1.807, 2.05) is 33.9 Å². The quantitative estimate of drug-likeness (QED) is 0.590. The first kappa shape index (κ1) is 18.9. The lowest BCUT2D eigenvalue weighted by atomic mass is 9.77. The fourth-order valence-corrected chi connectivity index (χ4v) is 2.78. The third-order valence-electron chi connectivity index (χ3n) is 3.71. The SMILES string of the molecule is CC(C(=O)C(O[SiH](C)C)c1cc(F)c(F)cc1F)C(C)(C)C. The van der Waals surface area contributed by atoms with Crippen LogP contribution in [0.15, 0.2) is 12.1 Å². The summed E-state index contributed by atoms with van der Waals surface area (Å²) >= 11 is 0. The molecule has 0 heterocycles. The molecule has 2 nitrogen and oxygen atoms in total. The van der Waals surface area contributed by atoms with E-state index in [9.17, 15) is 18.0 Å². The van der Waals surface area contributed by atoms with Gasteiger partial charge < -0.3 is 4.43 Å². The highest BCUT2D eigenvalue weighted by atomic mass is 28.3. The Balaban J connectivity index is 3.30. The third kappa shape index (κ3) is 4.43. The van der Waals surface area contributed by atoms with Gasteiger partial charge in [-0.2, -0.15) is 0 Å². The van der Waals surface area contributed by atoms with Crippen molar-refractivity contribution in [3.63, 3.8) is 0 Å². The van der Waals surface area contributed by atoms with Crippen molar-refractivity contribution < 1.29 is 22.4 Å². The van der Waals surface area contributed by atoms with Crippen LogP contribution in [0.2, 0.25) is 13.1 Å². The van der Waals surface area contributed by atoms with Crippen LogP contribution < -0.4 is 0 Å². The first-order valence-corrected chi connectivity index (χ1v) is 10.1. The zero-order valence-electron chi connectivity index (χ0n) is 13.8. The van der Waals surface area contributed by atoms with Crippen LogP contribution in [0.1, 0.15) is 39.4 Å². The average molecular weight is 332 g/mol. The van der Waals surface area contributed by atoms with Crippen molar-refractivity contribution >= 4 is 14.8 Å². The molecule has 6 heteroatoms. The number of hydrogen-bond donors (Lipinski definition) is 0. The Labute approximate surface area is 131 Å². The molecule has 0 N–H and O–H groups in total. The molecule has 0 aliphatic heterocycles. The first-order chi connectivity index (χ1) is 9.95. The zero-order valence-corrected chi connectivity index (χ0v) is 15.0. The fourth-order valence-electron chi connectivity index (χ4n) is 1.96. The molecule has 0 aromatic heterocycles. The molecule has 2 atom stereocenters. The van der Waals surface area contributed by atoms with Crippen molar-refractivity contribution in [3.8, 4) is 0 Å². The monoisotopic (exact) mass is 332 g/mol. The second-order valence-electron chi connectivity index (χ2n) is 6.84. The van der Waals surface area contributed by atoms with Crippen molar-refractivity contribution in [1.29, 1.82) is 0 Å². The van der Waals surface area contributed by atoms with Gasteiger partial charge in [-0.1, -0.05) is 27.7 Å². The molecule has 1 aromatic rings. The molecule has 1 rings (SSSR count). The summed E-state index contributed by atoms with van der Waals surface area (Å²) in [7, 11) is -1.70. The highest BCUT2D eigenvalue weighted by molar-refractivity contribution is 6.48. The summed E-state index contributed by atoms with van der Waals surface area (Å²) in [6.45, 7) is 11.1. The Morgan fingerprint density at radius 1 is 1.09 bits per heavy atom. The lowest BCUT2D eigenvalue weighted by molar-refractivity contribution is -0.133. The molecular weight excluding hydrogens is 309 g/mol. The van der Waals surface area contributed by atoms with Gasteiger partial charge in [0.25, 0.3) is 0 Å². The van der Waals surface area contributed by atoms with E-state index in [2.05, 4.69) is 0 Å². The van der Waals surface area contributed by atoms with Crippen molar-refractivity contribution in [2.75, 3.05) is 0 Å². The number of carbonyl (C=O) groups is 1. The molecular formula is C16H23F3O2Si. The molecule has 0 amide bonds. The van der Waals surface area contributed by atoms with Gasteiger partial charge in [0.15, 0.2) is 26.5 Å². The summed E-state index contributed by atoms with van der Waals surface area (Å²) in [5, 5.41) is 0. The van der Waals surface area contributed by atoms with E-state index >= 15 is 0 Å². The highest BCUT2D eigenvalue weighted by Gasteiger charge is 2.35. The standard InChI is InChI=1S/C16H23F3O2Si/c1-9(16(2,3)4)14(20)15(21-22(5)6)10-7-12(18)13(19)8-11(10)17/h7-9,15,22H,1-6H3. The van der Waals surface area contributed by atoms with Crippen LogP contribution in [0, 0.1) is 28.8 Å². The Morgan fingerprint density at radius 2 is 1.59 bits per heavy atom. The van der Waals surface area contributed by atoms with E-state index in [-0.39, 0.29) is 16.8 Å². The Bertz CT molecular complexity index is 553. The van der Waals surface area contributed by atoms with Gasteiger partial charge in [-0.3, -0.25) is 4.79 Å². The number of carbonyl (C=O) groups excluding carboxylic acids is 1. The normalized spacial score (nSPS) is 15.0. The summed E-state index contributed by atoms with van der Waals surface area (Å²) in [6.07, 6.45) is -1.20. The van der Waals surface area contributed by atoms with Crippen molar-refractivity contribution in [2.45, 2.75) is 46.9 Å². The summed E-state index contributed by atoms with van der Waals surface area (Å²) in [5.41, 5.74) is -0.576. The maximum atomic E-state index is 14.0. The summed E-state index contributed by atoms with van der Waals surface area (Å²) in [4.78, 5) is 12.7. The number of hydrogen-bond acceptors (Lipinski definition) is 2. The maximum absolute atomic E-state index is 14.0. The van der Waals surface area contributed by atoms with Crippen LogP contribution in [-0.4, -0.2) is 14.8 Å². The highest BCUT2D eigenvalue weighted by Crippen LogP contribution is 2.34. The Morgan fingerprint density at radius 3 is 2.05 bits per heavy atom. The fraction of sp³-hybridized carbons (Fsp3) is 0.562. The van der Waals surface area contributed by atoms with E-state index in [1.165, 1.54) is 0 Å². The molecule has 0 spiro atoms. The second-order valence-corrected chi connectivity index (χ2v) is 9.21. The van der Waals surface area contributed by atoms with Gasteiger partial charge in [0.1, 0.15) is 11.9 Å². The van der Waals surface area contributed by atoms with Gasteiger partial charge in [0.05, 0.1) is 0 Å². The minimum absolute atomic E-state index is 0.235. The molecule has 1 aromatic carbocycles. The zero-order chi connectivity index (χ0) is 17.2. The number of rotatable bonds is 5. The lowest BCUT2D eigenvalue weighted by Crippen LogP contribution is -2.33.